The summed E-state index contributed by atoms with van der Waals surface area (Å²) in [5.74, 6) is 0.303. The van der Waals surface area contributed by atoms with E-state index in [2.05, 4.69) is 46.4 Å². The Bertz CT molecular complexity index is 909. The van der Waals surface area contributed by atoms with E-state index >= 15 is 0 Å². The number of rotatable bonds is 9. The number of esters is 1. The molecular formula is C26H37N3O3. The summed E-state index contributed by atoms with van der Waals surface area (Å²) in [6, 6.07) is 8.77. The average Bonchev–Trinajstić information content (AvgIpc) is 3.06. The summed E-state index contributed by atoms with van der Waals surface area (Å²) < 4.78 is 5.14. The Morgan fingerprint density at radius 3 is 2.47 bits per heavy atom. The van der Waals surface area contributed by atoms with Crippen molar-refractivity contribution in [3.8, 4) is 0 Å². The summed E-state index contributed by atoms with van der Waals surface area (Å²) in [6.07, 6.45) is 3.23. The number of carbonyl (C=O) groups is 2. The van der Waals surface area contributed by atoms with E-state index in [1.54, 1.807) is 6.92 Å². The summed E-state index contributed by atoms with van der Waals surface area (Å²) in [4.78, 5) is 30.3. The molecule has 1 aliphatic rings. The molecule has 2 N–H and O–H groups in total. The zero-order chi connectivity index (χ0) is 23.1. The van der Waals surface area contributed by atoms with Crippen LogP contribution in [-0.2, 0) is 22.5 Å². The van der Waals surface area contributed by atoms with Gasteiger partial charge in [-0.05, 0) is 77.1 Å². The fourth-order valence-corrected chi connectivity index (χ4v) is 4.46. The molecule has 0 radical (unpaired) electrons. The number of aryl methyl sites for hydroxylation is 3. The largest absolute Gasteiger partial charge is 0.462 e. The zero-order valence-electron chi connectivity index (χ0n) is 19.9. The molecule has 1 aromatic carbocycles. The topological polar surface area (TPSA) is 74.4 Å². The number of nitrogens with one attached hydrogen (secondary N) is 2. The Balaban J connectivity index is 1.38. The first-order valence-electron chi connectivity index (χ1n) is 11.8. The molecule has 0 saturated carbocycles. The Hall–Kier alpha value is -2.60. The van der Waals surface area contributed by atoms with Crippen molar-refractivity contribution in [3.63, 3.8) is 0 Å². The molecule has 2 aromatic rings. The predicted molar refractivity (Wildman–Crippen MR) is 127 cm³/mol. The quantitative estimate of drug-likeness (QED) is 0.578. The number of benzene rings is 1. The van der Waals surface area contributed by atoms with Gasteiger partial charge >= 0.3 is 5.97 Å². The van der Waals surface area contributed by atoms with Crippen LogP contribution in [0.15, 0.2) is 24.3 Å². The smallest absolute Gasteiger partial charge is 0.340 e. The summed E-state index contributed by atoms with van der Waals surface area (Å²) >= 11 is 0. The molecule has 1 aliphatic heterocycles. The number of nitrogens with zero attached hydrogens (tertiary/aromatic N) is 1. The second kappa shape index (κ2) is 11.3. The highest BCUT2D eigenvalue weighted by Crippen LogP contribution is 2.21. The highest BCUT2D eigenvalue weighted by molar-refractivity contribution is 5.92. The van der Waals surface area contributed by atoms with Crippen molar-refractivity contribution in [3.05, 3.63) is 57.9 Å². The monoisotopic (exact) mass is 439 g/mol. The second-order valence-electron chi connectivity index (χ2n) is 8.96. The first-order valence-corrected chi connectivity index (χ1v) is 11.8. The van der Waals surface area contributed by atoms with Gasteiger partial charge < -0.3 is 15.0 Å². The van der Waals surface area contributed by atoms with Crippen molar-refractivity contribution in [1.29, 1.82) is 0 Å². The van der Waals surface area contributed by atoms with Crippen LogP contribution in [0.1, 0.15) is 64.6 Å². The first-order chi connectivity index (χ1) is 15.4. The molecule has 1 aromatic heterocycles. The van der Waals surface area contributed by atoms with E-state index in [0.29, 0.717) is 30.9 Å². The van der Waals surface area contributed by atoms with Gasteiger partial charge in [0, 0.05) is 30.9 Å². The van der Waals surface area contributed by atoms with Gasteiger partial charge in [-0.15, -0.1) is 0 Å². The maximum atomic E-state index is 12.4. The standard InChI is InChI=1S/C26H37N3O3/c1-5-32-26(31)25-19(3)23(28-20(25)4)10-11-24(30)27-16-21-12-14-29(15-13-21)17-22-8-6-18(2)7-9-22/h6-9,21,28H,5,10-17H2,1-4H3,(H,27,30). The van der Waals surface area contributed by atoms with Gasteiger partial charge in [-0.1, -0.05) is 29.8 Å². The number of hydrogen-bond acceptors (Lipinski definition) is 4. The van der Waals surface area contributed by atoms with Crippen LogP contribution in [0.2, 0.25) is 0 Å². The first kappa shape index (κ1) is 24.1. The number of likely N-dealkylation sites (tertiary alicyclic amines) is 1. The van der Waals surface area contributed by atoms with Crippen LogP contribution >= 0.6 is 0 Å². The second-order valence-corrected chi connectivity index (χ2v) is 8.96. The lowest BCUT2D eigenvalue weighted by Gasteiger charge is -2.32. The van der Waals surface area contributed by atoms with Crippen molar-refractivity contribution in [2.24, 2.45) is 5.92 Å². The third-order valence-electron chi connectivity index (χ3n) is 6.44. The maximum Gasteiger partial charge on any atom is 0.340 e. The maximum absolute atomic E-state index is 12.4. The van der Waals surface area contributed by atoms with E-state index in [1.165, 1.54) is 11.1 Å². The van der Waals surface area contributed by atoms with Crippen molar-refractivity contribution in [2.45, 2.75) is 59.9 Å². The Morgan fingerprint density at radius 2 is 1.81 bits per heavy atom. The molecule has 32 heavy (non-hydrogen) atoms. The molecule has 0 atom stereocenters. The fourth-order valence-electron chi connectivity index (χ4n) is 4.46. The molecule has 174 valence electrons. The minimum absolute atomic E-state index is 0.0661. The van der Waals surface area contributed by atoms with Crippen LogP contribution in [0.4, 0.5) is 0 Å². The summed E-state index contributed by atoms with van der Waals surface area (Å²) in [5.41, 5.74) is 5.88. The molecule has 6 nitrogen and oxygen atoms in total. The third kappa shape index (κ3) is 6.45. The van der Waals surface area contributed by atoms with Gasteiger partial charge in [0.1, 0.15) is 0 Å². The number of piperidine rings is 1. The SMILES string of the molecule is CCOC(=O)c1c(C)[nH]c(CCC(=O)NCC2CCN(Cc3ccc(C)cc3)CC2)c1C. The summed E-state index contributed by atoms with van der Waals surface area (Å²) in [6.45, 7) is 11.9. The normalized spacial score (nSPS) is 15.0. The lowest BCUT2D eigenvalue weighted by atomic mass is 9.96. The van der Waals surface area contributed by atoms with Crippen LogP contribution in [0.5, 0.6) is 0 Å². The zero-order valence-corrected chi connectivity index (χ0v) is 19.9. The van der Waals surface area contributed by atoms with Gasteiger partial charge in [-0.2, -0.15) is 0 Å². The molecule has 2 heterocycles. The number of ether oxygens (including phenoxy) is 1. The summed E-state index contributed by atoms with van der Waals surface area (Å²) in [7, 11) is 0. The Kier molecular flexibility index (Phi) is 8.51. The van der Waals surface area contributed by atoms with Gasteiger partial charge in [0.15, 0.2) is 0 Å². The fraction of sp³-hybridized carbons (Fsp3) is 0.538. The molecule has 0 bridgehead atoms. The molecule has 3 rings (SSSR count). The molecule has 6 heteroatoms. The van der Waals surface area contributed by atoms with Crippen LogP contribution in [0.25, 0.3) is 0 Å². The van der Waals surface area contributed by atoms with E-state index in [0.717, 1.165) is 56.0 Å². The third-order valence-corrected chi connectivity index (χ3v) is 6.44. The molecule has 1 amide bonds. The van der Waals surface area contributed by atoms with Crippen molar-refractivity contribution in [1.82, 2.24) is 15.2 Å². The number of H-pyrrole nitrogens is 1. The van der Waals surface area contributed by atoms with Crippen molar-refractivity contribution in [2.75, 3.05) is 26.2 Å². The lowest BCUT2D eigenvalue weighted by molar-refractivity contribution is -0.121. The van der Waals surface area contributed by atoms with E-state index in [4.69, 9.17) is 4.74 Å². The minimum Gasteiger partial charge on any atom is -0.462 e. The number of carbonyl (C=O) groups excluding carboxylic acids is 2. The summed E-state index contributed by atoms with van der Waals surface area (Å²) in [5, 5.41) is 3.11. The van der Waals surface area contributed by atoms with Crippen LogP contribution in [0, 0.1) is 26.7 Å². The van der Waals surface area contributed by atoms with Gasteiger partial charge in [0.2, 0.25) is 5.91 Å². The molecule has 0 unspecified atom stereocenters. The van der Waals surface area contributed by atoms with Crippen LogP contribution < -0.4 is 5.32 Å². The number of hydrogen-bond donors (Lipinski definition) is 2. The lowest BCUT2D eigenvalue weighted by Crippen LogP contribution is -2.38. The highest BCUT2D eigenvalue weighted by atomic mass is 16.5. The van der Waals surface area contributed by atoms with E-state index < -0.39 is 0 Å². The van der Waals surface area contributed by atoms with E-state index in [-0.39, 0.29) is 11.9 Å². The van der Waals surface area contributed by atoms with Gasteiger partial charge in [-0.25, -0.2) is 4.79 Å². The van der Waals surface area contributed by atoms with Crippen molar-refractivity contribution >= 4 is 11.9 Å². The molecule has 1 saturated heterocycles. The number of aromatic nitrogens is 1. The van der Waals surface area contributed by atoms with Gasteiger partial charge in [-0.3, -0.25) is 9.69 Å². The van der Waals surface area contributed by atoms with Crippen molar-refractivity contribution < 1.29 is 14.3 Å². The van der Waals surface area contributed by atoms with E-state index in [9.17, 15) is 9.59 Å². The van der Waals surface area contributed by atoms with E-state index in [1.807, 2.05) is 13.8 Å². The number of amides is 1. The Morgan fingerprint density at radius 1 is 1.12 bits per heavy atom. The van der Waals surface area contributed by atoms with Gasteiger partial charge in [0.25, 0.3) is 0 Å². The predicted octanol–water partition coefficient (Wildman–Crippen LogP) is 4.08. The molecule has 1 fully saturated rings. The Labute approximate surface area is 191 Å². The minimum atomic E-state index is -0.303. The highest BCUT2D eigenvalue weighted by Gasteiger charge is 2.21. The molecular weight excluding hydrogens is 402 g/mol. The molecule has 0 spiro atoms. The van der Waals surface area contributed by atoms with Crippen LogP contribution in [0.3, 0.4) is 0 Å². The van der Waals surface area contributed by atoms with Gasteiger partial charge in [0.05, 0.1) is 12.2 Å². The molecule has 0 aliphatic carbocycles. The van der Waals surface area contributed by atoms with Crippen LogP contribution in [-0.4, -0.2) is 48.0 Å². The average molecular weight is 440 g/mol. The number of aromatic amines is 1.